The summed E-state index contributed by atoms with van der Waals surface area (Å²) in [6.07, 6.45) is 1.08. The first-order chi connectivity index (χ1) is 10.2. The average molecular weight is 390 g/mol. The number of hydrogen-bond donors (Lipinski definition) is 1. The van der Waals surface area contributed by atoms with Crippen molar-refractivity contribution >= 4 is 30.5 Å². The standard InChI is InChI=1S/C16H25BrFNO2Si/c1-10(2)22(11(3)4,12(5)6)21-14-7-13(9-19-20)16(18)15(17)8-14/h7-12,20H,1-6H3/b19-9+. The lowest BCUT2D eigenvalue weighted by molar-refractivity contribution is 0.321. The highest BCUT2D eigenvalue weighted by atomic mass is 79.9. The Labute approximate surface area is 141 Å². The largest absolute Gasteiger partial charge is 0.543 e. The van der Waals surface area contributed by atoms with Crippen LogP contribution in [0.15, 0.2) is 21.8 Å². The molecule has 3 nitrogen and oxygen atoms in total. The van der Waals surface area contributed by atoms with E-state index in [9.17, 15) is 4.39 Å². The molecule has 0 unspecified atom stereocenters. The van der Waals surface area contributed by atoms with Gasteiger partial charge >= 0.3 is 0 Å². The zero-order chi connectivity index (χ0) is 17.1. The van der Waals surface area contributed by atoms with E-state index < -0.39 is 14.1 Å². The topological polar surface area (TPSA) is 41.8 Å². The van der Waals surface area contributed by atoms with Crippen molar-refractivity contribution in [2.75, 3.05) is 0 Å². The summed E-state index contributed by atoms with van der Waals surface area (Å²) >= 11 is 3.20. The summed E-state index contributed by atoms with van der Waals surface area (Å²) in [5, 5.41) is 11.6. The van der Waals surface area contributed by atoms with Crippen LogP contribution >= 0.6 is 15.9 Å². The number of hydrogen-bond acceptors (Lipinski definition) is 3. The SMILES string of the molecule is CC(C)[Si](Oc1cc(Br)c(F)c(/C=N/O)c1)(C(C)C)C(C)C. The van der Waals surface area contributed by atoms with E-state index in [1.807, 2.05) is 0 Å². The Morgan fingerprint density at radius 1 is 1.14 bits per heavy atom. The van der Waals surface area contributed by atoms with Crippen molar-refractivity contribution in [2.45, 2.75) is 58.2 Å². The second-order valence-electron chi connectivity index (χ2n) is 6.47. The highest BCUT2D eigenvalue weighted by Gasteiger charge is 2.47. The van der Waals surface area contributed by atoms with Crippen LogP contribution in [0.1, 0.15) is 47.1 Å². The smallest absolute Gasteiger partial charge is 0.258 e. The molecule has 22 heavy (non-hydrogen) atoms. The lowest BCUT2D eigenvalue weighted by Crippen LogP contribution is -2.50. The van der Waals surface area contributed by atoms with Gasteiger partial charge in [-0.05, 0) is 44.7 Å². The van der Waals surface area contributed by atoms with Crippen LogP contribution in [-0.4, -0.2) is 19.7 Å². The summed E-state index contributed by atoms with van der Waals surface area (Å²) in [7, 11) is -2.10. The Kier molecular flexibility index (Phi) is 6.61. The minimum absolute atomic E-state index is 0.200. The van der Waals surface area contributed by atoms with Crippen LogP contribution in [0.4, 0.5) is 4.39 Å². The van der Waals surface area contributed by atoms with Crippen LogP contribution in [0.5, 0.6) is 5.75 Å². The second-order valence-corrected chi connectivity index (χ2v) is 12.7. The van der Waals surface area contributed by atoms with Crippen LogP contribution in [-0.2, 0) is 0 Å². The predicted octanol–water partition coefficient (Wildman–Crippen LogP) is 5.95. The maximum absolute atomic E-state index is 14.0. The molecule has 0 saturated carbocycles. The van der Waals surface area contributed by atoms with E-state index in [-0.39, 0.29) is 5.56 Å². The van der Waals surface area contributed by atoms with Crippen LogP contribution in [0.2, 0.25) is 16.6 Å². The van der Waals surface area contributed by atoms with Crippen LogP contribution in [0.25, 0.3) is 0 Å². The van der Waals surface area contributed by atoms with Gasteiger partial charge in [-0.25, -0.2) is 4.39 Å². The molecule has 0 aliphatic heterocycles. The summed E-state index contributed by atoms with van der Waals surface area (Å²) in [5.74, 6) is 0.155. The molecule has 0 aliphatic rings. The molecule has 0 aromatic heterocycles. The first-order valence-corrected chi connectivity index (χ1v) is 10.5. The number of rotatable bonds is 6. The van der Waals surface area contributed by atoms with Gasteiger partial charge in [-0.3, -0.25) is 0 Å². The molecule has 6 heteroatoms. The summed E-state index contributed by atoms with van der Waals surface area (Å²) in [6.45, 7) is 13.2. The zero-order valence-electron chi connectivity index (χ0n) is 14.0. The first-order valence-electron chi connectivity index (χ1n) is 7.52. The van der Waals surface area contributed by atoms with Crippen molar-refractivity contribution in [3.05, 3.63) is 28.0 Å². The van der Waals surface area contributed by atoms with Crippen molar-refractivity contribution < 1.29 is 14.0 Å². The van der Waals surface area contributed by atoms with Gasteiger partial charge in [-0.2, -0.15) is 0 Å². The molecule has 1 N–H and O–H groups in total. The molecule has 0 amide bonds. The maximum atomic E-state index is 14.0. The van der Waals surface area contributed by atoms with Crippen molar-refractivity contribution in [2.24, 2.45) is 5.16 Å². The summed E-state index contributed by atoms with van der Waals surface area (Å²) < 4.78 is 20.8. The van der Waals surface area contributed by atoms with E-state index in [1.54, 1.807) is 12.1 Å². The lowest BCUT2D eigenvalue weighted by Gasteiger charge is -2.42. The van der Waals surface area contributed by atoms with Gasteiger partial charge in [0.2, 0.25) is 0 Å². The molecule has 0 spiro atoms. The Morgan fingerprint density at radius 2 is 1.64 bits per heavy atom. The highest BCUT2D eigenvalue weighted by Crippen LogP contribution is 2.43. The van der Waals surface area contributed by atoms with Crippen LogP contribution < -0.4 is 4.43 Å². The minimum atomic E-state index is -2.10. The van der Waals surface area contributed by atoms with Gasteiger partial charge in [0.25, 0.3) is 8.32 Å². The second kappa shape index (κ2) is 7.59. The fraction of sp³-hybridized carbons (Fsp3) is 0.562. The van der Waals surface area contributed by atoms with Gasteiger partial charge in [-0.1, -0.05) is 46.7 Å². The van der Waals surface area contributed by atoms with E-state index in [1.165, 1.54) is 0 Å². The molecule has 124 valence electrons. The normalized spacial score (nSPS) is 12.9. The summed E-state index contributed by atoms with van der Waals surface area (Å²) in [5.41, 5.74) is 1.47. The van der Waals surface area contributed by atoms with E-state index in [0.717, 1.165) is 6.21 Å². The monoisotopic (exact) mass is 389 g/mol. The molecule has 0 radical (unpaired) electrons. The third-order valence-corrected chi connectivity index (χ3v) is 10.8. The minimum Gasteiger partial charge on any atom is -0.543 e. The molecular weight excluding hydrogens is 365 g/mol. The Bertz CT molecular complexity index is 525. The Morgan fingerprint density at radius 3 is 2.05 bits per heavy atom. The fourth-order valence-electron chi connectivity index (χ4n) is 3.36. The van der Waals surface area contributed by atoms with Gasteiger partial charge in [0, 0.05) is 5.56 Å². The van der Waals surface area contributed by atoms with E-state index in [4.69, 9.17) is 9.63 Å². The molecule has 0 bridgehead atoms. The molecule has 1 aromatic carbocycles. The number of halogens is 2. The van der Waals surface area contributed by atoms with Gasteiger partial charge in [0.1, 0.15) is 11.6 Å². The number of benzene rings is 1. The van der Waals surface area contributed by atoms with E-state index >= 15 is 0 Å². The van der Waals surface area contributed by atoms with E-state index in [2.05, 4.69) is 62.6 Å². The average Bonchev–Trinajstić information content (AvgIpc) is 2.40. The van der Waals surface area contributed by atoms with E-state index in [0.29, 0.717) is 26.8 Å². The Hall–Kier alpha value is -0.883. The van der Waals surface area contributed by atoms with Crippen molar-refractivity contribution in [3.63, 3.8) is 0 Å². The van der Waals surface area contributed by atoms with Gasteiger partial charge < -0.3 is 9.63 Å². The molecule has 0 heterocycles. The van der Waals surface area contributed by atoms with Crippen molar-refractivity contribution in [1.29, 1.82) is 0 Å². The highest BCUT2D eigenvalue weighted by molar-refractivity contribution is 9.10. The molecule has 1 aromatic rings. The number of oxime groups is 1. The number of nitrogens with zero attached hydrogens (tertiary/aromatic N) is 1. The molecule has 0 fully saturated rings. The van der Waals surface area contributed by atoms with Gasteiger partial charge in [0.05, 0.1) is 10.7 Å². The van der Waals surface area contributed by atoms with Crippen molar-refractivity contribution in [1.82, 2.24) is 0 Å². The Balaban J connectivity index is 3.36. The first kappa shape index (κ1) is 19.2. The summed E-state index contributed by atoms with van der Waals surface area (Å²) in [4.78, 5) is 0. The van der Waals surface area contributed by atoms with Crippen LogP contribution in [0, 0.1) is 5.82 Å². The fourth-order valence-corrected chi connectivity index (χ4v) is 9.04. The zero-order valence-corrected chi connectivity index (χ0v) is 16.6. The van der Waals surface area contributed by atoms with Gasteiger partial charge in [0.15, 0.2) is 0 Å². The van der Waals surface area contributed by atoms with Crippen LogP contribution in [0.3, 0.4) is 0 Å². The maximum Gasteiger partial charge on any atom is 0.258 e. The lowest BCUT2D eigenvalue weighted by atomic mass is 10.2. The summed E-state index contributed by atoms with van der Waals surface area (Å²) in [6, 6.07) is 3.24. The third-order valence-electron chi connectivity index (χ3n) is 4.23. The molecule has 0 aliphatic carbocycles. The van der Waals surface area contributed by atoms with Gasteiger partial charge in [-0.15, -0.1) is 0 Å². The molecule has 1 rings (SSSR count). The van der Waals surface area contributed by atoms with Crippen molar-refractivity contribution in [3.8, 4) is 5.75 Å². The molecule has 0 saturated heterocycles. The predicted molar refractivity (Wildman–Crippen MR) is 95.2 cm³/mol. The third kappa shape index (κ3) is 3.71. The molecule has 0 atom stereocenters. The molecular formula is C16H25BrFNO2Si. The quantitative estimate of drug-likeness (QED) is 0.282.